The SMILES string of the molecule is OC(F)CN1CCNCC1. The zero-order valence-electron chi connectivity index (χ0n) is 5.89. The second kappa shape index (κ2) is 3.85. The lowest BCUT2D eigenvalue weighted by Crippen LogP contribution is -2.45. The van der Waals surface area contributed by atoms with Crippen molar-refractivity contribution in [2.24, 2.45) is 0 Å². The van der Waals surface area contributed by atoms with Crippen LogP contribution in [-0.2, 0) is 0 Å². The van der Waals surface area contributed by atoms with Crippen molar-refractivity contribution >= 4 is 0 Å². The summed E-state index contributed by atoms with van der Waals surface area (Å²) in [7, 11) is 0. The molecular formula is C6H13FN2O. The van der Waals surface area contributed by atoms with Gasteiger partial charge in [-0.25, -0.2) is 4.39 Å². The van der Waals surface area contributed by atoms with Crippen molar-refractivity contribution in [2.45, 2.75) is 6.36 Å². The molecule has 0 spiro atoms. The maximum Gasteiger partial charge on any atom is 0.209 e. The highest BCUT2D eigenvalue weighted by Crippen LogP contribution is 1.94. The zero-order valence-corrected chi connectivity index (χ0v) is 5.89. The highest BCUT2D eigenvalue weighted by atomic mass is 19.1. The molecule has 0 bridgehead atoms. The van der Waals surface area contributed by atoms with Crippen LogP contribution in [0.25, 0.3) is 0 Å². The van der Waals surface area contributed by atoms with Crippen molar-refractivity contribution in [1.82, 2.24) is 10.2 Å². The summed E-state index contributed by atoms with van der Waals surface area (Å²) in [4.78, 5) is 1.90. The first-order valence-corrected chi connectivity index (χ1v) is 3.54. The molecule has 0 saturated carbocycles. The number of hydrogen-bond acceptors (Lipinski definition) is 3. The average molecular weight is 148 g/mol. The maximum absolute atomic E-state index is 12.0. The van der Waals surface area contributed by atoms with Gasteiger partial charge in [0.25, 0.3) is 0 Å². The number of aliphatic hydroxyl groups is 1. The van der Waals surface area contributed by atoms with Crippen LogP contribution in [0.1, 0.15) is 0 Å². The number of aliphatic hydroxyl groups excluding tert-OH is 1. The van der Waals surface area contributed by atoms with E-state index in [0.717, 1.165) is 26.2 Å². The van der Waals surface area contributed by atoms with Gasteiger partial charge in [-0.2, -0.15) is 0 Å². The molecule has 4 heteroatoms. The number of nitrogens with zero attached hydrogens (tertiary/aromatic N) is 1. The van der Waals surface area contributed by atoms with Crippen molar-refractivity contribution < 1.29 is 9.50 Å². The smallest absolute Gasteiger partial charge is 0.209 e. The van der Waals surface area contributed by atoms with Gasteiger partial charge in [-0.1, -0.05) is 0 Å². The molecule has 1 saturated heterocycles. The molecule has 2 N–H and O–H groups in total. The summed E-state index contributed by atoms with van der Waals surface area (Å²) in [5.41, 5.74) is 0. The van der Waals surface area contributed by atoms with Crippen molar-refractivity contribution in [1.29, 1.82) is 0 Å². The van der Waals surface area contributed by atoms with Crippen LogP contribution in [0.2, 0.25) is 0 Å². The number of hydrogen-bond donors (Lipinski definition) is 2. The first-order valence-electron chi connectivity index (χ1n) is 3.54. The van der Waals surface area contributed by atoms with E-state index in [-0.39, 0.29) is 6.54 Å². The fraction of sp³-hybridized carbons (Fsp3) is 1.00. The molecule has 0 amide bonds. The van der Waals surface area contributed by atoms with Gasteiger partial charge in [-0.05, 0) is 0 Å². The van der Waals surface area contributed by atoms with Crippen LogP contribution < -0.4 is 5.32 Å². The molecule has 60 valence electrons. The quantitative estimate of drug-likeness (QED) is 0.537. The highest BCUT2D eigenvalue weighted by Gasteiger charge is 2.12. The lowest BCUT2D eigenvalue weighted by molar-refractivity contribution is 0.00577. The fourth-order valence-electron chi connectivity index (χ4n) is 1.11. The lowest BCUT2D eigenvalue weighted by Gasteiger charge is -2.26. The first-order chi connectivity index (χ1) is 4.79. The van der Waals surface area contributed by atoms with E-state index in [2.05, 4.69) is 5.32 Å². The number of β-amino-alcohol motifs (C(OH)–C–C–N with tert-alkyl or cyclic N) is 1. The molecule has 0 aromatic heterocycles. The third kappa shape index (κ3) is 2.60. The summed E-state index contributed by atoms with van der Waals surface area (Å²) in [6, 6.07) is 0. The summed E-state index contributed by atoms with van der Waals surface area (Å²) >= 11 is 0. The Morgan fingerprint density at radius 2 is 2.10 bits per heavy atom. The van der Waals surface area contributed by atoms with Gasteiger partial charge in [-0.3, -0.25) is 4.90 Å². The molecule has 0 radical (unpaired) electrons. The molecule has 0 aromatic carbocycles. The highest BCUT2D eigenvalue weighted by molar-refractivity contribution is 4.67. The van der Waals surface area contributed by atoms with Crippen LogP contribution in [0.3, 0.4) is 0 Å². The molecule has 1 heterocycles. The minimum absolute atomic E-state index is 0.154. The molecule has 1 fully saturated rings. The first kappa shape index (κ1) is 7.91. The van der Waals surface area contributed by atoms with Crippen molar-refractivity contribution in [3.63, 3.8) is 0 Å². The molecule has 0 aromatic rings. The molecule has 1 aliphatic rings. The van der Waals surface area contributed by atoms with Gasteiger partial charge in [0.05, 0.1) is 6.54 Å². The summed E-state index contributed by atoms with van der Waals surface area (Å²) < 4.78 is 12.0. The van der Waals surface area contributed by atoms with E-state index in [1.54, 1.807) is 0 Å². The Morgan fingerprint density at radius 3 is 2.60 bits per heavy atom. The molecule has 1 atom stereocenters. The second-order valence-electron chi connectivity index (χ2n) is 2.49. The van der Waals surface area contributed by atoms with Crippen LogP contribution >= 0.6 is 0 Å². The predicted octanol–water partition coefficient (Wildman–Crippen LogP) is -0.820. The van der Waals surface area contributed by atoms with Gasteiger partial charge in [-0.15, -0.1) is 0 Å². The predicted molar refractivity (Wildman–Crippen MR) is 36.4 cm³/mol. The Kier molecular flexibility index (Phi) is 3.05. The van der Waals surface area contributed by atoms with Crippen molar-refractivity contribution in [2.75, 3.05) is 32.7 Å². The van der Waals surface area contributed by atoms with Gasteiger partial charge in [0, 0.05) is 26.2 Å². The largest absolute Gasteiger partial charge is 0.363 e. The van der Waals surface area contributed by atoms with E-state index in [9.17, 15) is 4.39 Å². The number of piperazine rings is 1. The Hall–Kier alpha value is -0.190. The van der Waals surface area contributed by atoms with E-state index in [4.69, 9.17) is 5.11 Å². The number of nitrogens with one attached hydrogen (secondary N) is 1. The van der Waals surface area contributed by atoms with Gasteiger partial charge < -0.3 is 10.4 Å². The van der Waals surface area contributed by atoms with Crippen LogP contribution in [-0.4, -0.2) is 49.1 Å². The van der Waals surface area contributed by atoms with Gasteiger partial charge in [0.15, 0.2) is 0 Å². The monoisotopic (exact) mass is 148 g/mol. The van der Waals surface area contributed by atoms with Gasteiger partial charge in [0.1, 0.15) is 0 Å². The normalized spacial score (nSPS) is 24.6. The fourth-order valence-corrected chi connectivity index (χ4v) is 1.11. The molecule has 0 aliphatic carbocycles. The van der Waals surface area contributed by atoms with E-state index < -0.39 is 6.36 Å². The third-order valence-electron chi connectivity index (χ3n) is 1.62. The van der Waals surface area contributed by atoms with Gasteiger partial charge >= 0.3 is 0 Å². The molecule has 1 aliphatic heterocycles. The van der Waals surface area contributed by atoms with Crippen LogP contribution in [0.15, 0.2) is 0 Å². The van der Waals surface area contributed by atoms with E-state index in [1.165, 1.54) is 0 Å². The molecule has 10 heavy (non-hydrogen) atoms. The average Bonchev–Trinajstić information content (AvgIpc) is 1.88. The molecule has 3 nitrogen and oxygen atoms in total. The van der Waals surface area contributed by atoms with Crippen LogP contribution in [0.4, 0.5) is 4.39 Å². The Labute approximate surface area is 59.8 Å². The number of halogens is 1. The summed E-state index contributed by atoms with van der Waals surface area (Å²) in [5.74, 6) is 0. The van der Waals surface area contributed by atoms with E-state index >= 15 is 0 Å². The van der Waals surface area contributed by atoms with Crippen molar-refractivity contribution in [3.8, 4) is 0 Å². The third-order valence-corrected chi connectivity index (χ3v) is 1.62. The molecule has 1 unspecified atom stereocenters. The number of alkyl halides is 1. The lowest BCUT2D eigenvalue weighted by atomic mass is 10.3. The zero-order chi connectivity index (χ0) is 7.40. The standard InChI is InChI=1S/C6H13FN2O/c7-6(10)5-9-3-1-8-2-4-9/h6,8,10H,1-5H2. The second-order valence-corrected chi connectivity index (χ2v) is 2.49. The molecule has 1 rings (SSSR count). The number of rotatable bonds is 2. The van der Waals surface area contributed by atoms with E-state index in [0.29, 0.717) is 0 Å². The minimum atomic E-state index is -1.68. The van der Waals surface area contributed by atoms with Crippen molar-refractivity contribution in [3.05, 3.63) is 0 Å². The van der Waals surface area contributed by atoms with Gasteiger partial charge in [0.2, 0.25) is 6.36 Å². The van der Waals surface area contributed by atoms with Crippen LogP contribution in [0, 0.1) is 0 Å². The summed E-state index contributed by atoms with van der Waals surface area (Å²) in [6.45, 7) is 3.61. The summed E-state index contributed by atoms with van der Waals surface area (Å²) in [6.07, 6.45) is -1.68. The topological polar surface area (TPSA) is 35.5 Å². The Balaban J connectivity index is 2.13. The minimum Gasteiger partial charge on any atom is -0.363 e. The Morgan fingerprint density at radius 1 is 1.50 bits per heavy atom. The summed E-state index contributed by atoms with van der Waals surface area (Å²) in [5, 5.41) is 11.5. The Bertz CT molecular complexity index is 93.7. The van der Waals surface area contributed by atoms with Crippen LogP contribution in [0.5, 0.6) is 0 Å². The van der Waals surface area contributed by atoms with E-state index in [1.807, 2.05) is 4.90 Å². The maximum atomic E-state index is 12.0. The molecular weight excluding hydrogens is 135 g/mol.